The van der Waals surface area contributed by atoms with Crippen LogP contribution in [-0.4, -0.2) is 27.4 Å². The third-order valence-electron chi connectivity index (χ3n) is 2.98. The monoisotopic (exact) mass is 354 g/mol. The van der Waals surface area contributed by atoms with Crippen molar-refractivity contribution in [2.75, 3.05) is 11.8 Å². The van der Waals surface area contributed by atoms with E-state index in [9.17, 15) is 18.0 Å². The van der Waals surface area contributed by atoms with Gasteiger partial charge in [0.25, 0.3) is 15.9 Å². The van der Waals surface area contributed by atoms with Gasteiger partial charge in [-0.25, -0.2) is 13.2 Å². The Morgan fingerprint density at radius 1 is 1.26 bits per heavy atom. The molecule has 0 unspecified atom stereocenters. The third-order valence-corrected chi connectivity index (χ3v) is 5.67. The van der Waals surface area contributed by atoms with Gasteiger partial charge in [0.05, 0.1) is 23.2 Å². The summed E-state index contributed by atoms with van der Waals surface area (Å²) < 4.78 is 32.0. The number of para-hydroxylation sites is 1. The van der Waals surface area contributed by atoms with Gasteiger partial charge in [-0.05, 0) is 25.1 Å². The first kappa shape index (κ1) is 17.0. The minimum atomic E-state index is -3.98. The van der Waals surface area contributed by atoms with E-state index >= 15 is 0 Å². The summed E-state index contributed by atoms with van der Waals surface area (Å²) in [5, 5.41) is 0. The Morgan fingerprint density at radius 2 is 1.91 bits per heavy atom. The average molecular weight is 354 g/mol. The minimum Gasteiger partial charge on any atom is -0.465 e. The van der Waals surface area contributed by atoms with Crippen molar-refractivity contribution in [3.8, 4) is 0 Å². The van der Waals surface area contributed by atoms with Gasteiger partial charge in [0, 0.05) is 4.88 Å². The molecule has 1 aromatic carbocycles. The van der Waals surface area contributed by atoms with E-state index in [-0.39, 0.29) is 21.0 Å². The number of sulfonamides is 1. The maximum Gasteiger partial charge on any atom is 0.339 e. The molecular weight excluding hydrogens is 340 g/mol. The molecule has 2 rings (SSSR count). The van der Waals surface area contributed by atoms with Crippen LogP contribution >= 0.6 is 11.3 Å². The normalized spacial score (nSPS) is 11.0. The van der Waals surface area contributed by atoms with Crippen LogP contribution in [0.25, 0.3) is 0 Å². The van der Waals surface area contributed by atoms with E-state index < -0.39 is 21.9 Å². The van der Waals surface area contributed by atoms with Gasteiger partial charge < -0.3 is 10.5 Å². The van der Waals surface area contributed by atoms with Crippen molar-refractivity contribution in [3.05, 3.63) is 45.6 Å². The van der Waals surface area contributed by atoms with Crippen LogP contribution in [0.2, 0.25) is 0 Å². The van der Waals surface area contributed by atoms with Crippen molar-refractivity contribution in [3.63, 3.8) is 0 Å². The standard InChI is InChI=1S/C14H14N2O5S2/c1-8-12(7-11(22-8)13(15)17)23(19,20)16-10-6-4-3-5-9(10)14(18)21-2/h3-7,16H,1-2H3,(H2,15,17). The van der Waals surface area contributed by atoms with Gasteiger partial charge in [-0.1, -0.05) is 12.1 Å². The highest BCUT2D eigenvalue weighted by atomic mass is 32.2. The molecule has 1 amide bonds. The van der Waals surface area contributed by atoms with Gasteiger partial charge in [-0.15, -0.1) is 11.3 Å². The summed E-state index contributed by atoms with van der Waals surface area (Å²) >= 11 is 0.990. The predicted octanol–water partition coefficient (Wildman–Crippen LogP) is 1.74. The number of methoxy groups -OCH3 is 1. The Labute approximate surface area is 137 Å². The number of primary amides is 1. The first-order valence-corrected chi connectivity index (χ1v) is 8.66. The van der Waals surface area contributed by atoms with Gasteiger partial charge in [0.2, 0.25) is 0 Å². The van der Waals surface area contributed by atoms with Crippen LogP contribution in [0, 0.1) is 6.92 Å². The molecule has 0 aliphatic carbocycles. The highest BCUT2D eigenvalue weighted by molar-refractivity contribution is 7.93. The van der Waals surface area contributed by atoms with E-state index in [0.29, 0.717) is 4.88 Å². The number of thiophene rings is 1. The number of esters is 1. The molecule has 2 aromatic rings. The third kappa shape index (κ3) is 3.51. The Kier molecular flexibility index (Phi) is 4.71. The Morgan fingerprint density at radius 3 is 2.48 bits per heavy atom. The zero-order valence-corrected chi connectivity index (χ0v) is 14.0. The number of benzene rings is 1. The van der Waals surface area contributed by atoms with E-state index in [0.717, 1.165) is 11.3 Å². The fourth-order valence-corrected chi connectivity index (χ4v) is 4.44. The van der Waals surface area contributed by atoms with Gasteiger partial charge in [-0.2, -0.15) is 0 Å². The second-order valence-corrected chi connectivity index (χ2v) is 7.45. The van der Waals surface area contributed by atoms with E-state index in [4.69, 9.17) is 5.73 Å². The number of nitrogens with two attached hydrogens (primary N) is 1. The summed E-state index contributed by atoms with van der Waals surface area (Å²) in [5.41, 5.74) is 5.34. The Hall–Kier alpha value is -2.39. The topological polar surface area (TPSA) is 116 Å². The van der Waals surface area contributed by atoms with Gasteiger partial charge in [0.15, 0.2) is 0 Å². The summed E-state index contributed by atoms with van der Waals surface area (Å²) in [6.45, 7) is 1.57. The second-order valence-electron chi connectivity index (χ2n) is 4.54. The molecule has 23 heavy (non-hydrogen) atoms. The zero-order chi connectivity index (χ0) is 17.2. The number of amides is 1. The summed E-state index contributed by atoms with van der Waals surface area (Å²) in [4.78, 5) is 23.4. The molecular formula is C14H14N2O5S2. The van der Waals surface area contributed by atoms with E-state index in [1.54, 1.807) is 19.1 Å². The summed E-state index contributed by atoms with van der Waals surface area (Å²) in [7, 11) is -2.77. The summed E-state index contributed by atoms with van der Waals surface area (Å²) in [6, 6.07) is 7.27. The molecule has 0 atom stereocenters. The number of nitrogens with one attached hydrogen (secondary N) is 1. The van der Waals surface area contributed by atoms with Crippen LogP contribution in [0.4, 0.5) is 5.69 Å². The molecule has 0 fully saturated rings. The van der Waals surface area contributed by atoms with Gasteiger partial charge in [-0.3, -0.25) is 9.52 Å². The SMILES string of the molecule is COC(=O)c1ccccc1NS(=O)(=O)c1cc(C(N)=O)sc1C. The highest BCUT2D eigenvalue weighted by Gasteiger charge is 2.23. The van der Waals surface area contributed by atoms with Gasteiger partial charge >= 0.3 is 5.97 Å². The average Bonchev–Trinajstić information content (AvgIpc) is 2.90. The van der Waals surface area contributed by atoms with E-state index in [1.807, 2.05) is 0 Å². The number of ether oxygens (including phenoxy) is 1. The molecule has 0 aliphatic heterocycles. The summed E-state index contributed by atoms with van der Waals surface area (Å²) in [6.07, 6.45) is 0. The lowest BCUT2D eigenvalue weighted by Gasteiger charge is -2.11. The fourth-order valence-electron chi connectivity index (χ4n) is 1.91. The van der Waals surface area contributed by atoms with E-state index in [1.165, 1.54) is 25.3 Å². The number of hydrogen-bond acceptors (Lipinski definition) is 6. The van der Waals surface area contributed by atoms with Crippen molar-refractivity contribution < 1.29 is 22.7 Å². The van der Waals surface area contributed by atoms with Crippen LogP contribution in [0.5, 0.6) is 0 Å². The van der Waals surface area contributed by atoms with Crippen LogP contribution in [0.1, 0.15) is 24.9 Å². The second kappa shape index (κ2) is 6.39. The van der Waals surface area contributed by atoms with Crippen molar-refractivity contribution in [1.29, 1.82) is 0 Å². The highest BCUT2D eigenvalue weighted by Crippen LogP contribution is 2.28. The predicted molar refractivity (Wildman–Crippen MR) is 86.2 cm³/mol. The lowest BCUT2D eigenvalue weighted by molar-refractivity contribution is 0.0602. The lowest BCUT2D eigenvalue weighted by atomic mass is 10.2. The maximum atomic E-state index is 12.5. The number of carbonyl (C=O) groups excluding carboxylic acids is 2. The van der Waals surface area contributed by atoms with Crippen LogP contribution in [0.3, 0.4) is 0 Å². The van der Waals surface area contributed by atoms with Crippen LogP contribution in [0.15, 0.2) is 35.2 Å². The molecule has 9 heteroatoms. The molecule has 0 bridgehead atoms. The van der Waals surface area contributed by atoms with Crippen LogP contribution < -0.4 is 10.5 Å². The largest absolute Gasteiger partial charge is 0.465 e. The summed E-state index contributed by atoms with van der Waals surface area (Å²) in [5.74, 6) is -1.36. The zero-order valence-electron chi connectivity index (χ0n) is 12.3. The molecule has 0 saturated carbocycles. The number of anilines is 1. The van der Waals surface area contributed by atoms with Gasteiger partial charge in [0.1, 0.15) is 4.90 Å². The van der Waals surface area contributed by atoms with Crippen molar-refractivity contribution >= 4 is 38.9 Å². The number of rotatable bonds is 5. The Balaban J connectivity index is 2.44. The molecule has 1 heterocycles. The fraction of sp³-hybridized carbons (Fsp3) is 0.143. The first-order valence-electron chi connectivity index (χ1n) is 6.36. The molecule has 1 aromatic heterocycles. The van der Waals surface area contributed by atoms with Crippen molar-refractivity contribution in [2.45, 2.75) is 11.8 Å². The first-order chi connectivity index (χ1) is 10.8. The van der Waals surface area contributed by atoms with Crippen molar-refractivity contribution in [1.82, 2.24) is 0 Å². The maximum absolute atomic E-state index is 12.5. The molecule has 0 spiro atoms. The molecule has 7 nitrogen and oxygen atoms in total. The van der Waals surface area contributed by atoms with E-state index in [2.05, 4.69) is 9.46 Å². The molecule has 122 valence electrons. The molecule has 3 N–H and O–H groups in total. The smallest absolute Gasteiger partial charge is 0.339 e. The molecule has 0 aliphatic rings. The van der Waals surface area contributed by atoms with Crippen molar-refractivity contribution in [2.24, 2.45) is 5.73 Å². The molecule has 0 saturated heterocycles. The number of carbonyl (C=O) groups is 2. The minimum absolute atomic E-state index is 0.0593. The Bertz CT molecular complexity index is 871. The van der Waals surface area contributed by atoms with Crippen LogP contribution in [-0.2, 0) is 14.8 Å². The number of aryl methyl sites for hydroxylation is 1. The quantitative estimate of drug-likeness (QED) is 0.794. The lowest BCUT2D eigenvalue weighted by Crippen LogP contribution is -2.16. The number of hydrogen-bond donors (Lipinski definition) is 2. The molecule has 0 radical (unpaired) electrons.